The number of amides is 1. The van der Waals surface area contributed by atoms with Gasteiger partial charge in [0.05, 0.1) is 34.3 Å². The predicted octanol–water partition coefficient (Wildman–Crippen LogP) is 3.98. The average molecular weight is 474 g/mol. The van der Waals surface area contributed by atoms with Crippen LogP contribution in [-0.2, 0) is 10.3 Å². The fraction of sp³-hybridized carbons (Fsp3) is 0.391. The number of carbonyl (C=O) groups is 1. The van der Waals surface area contributed by atoms with Crippen molar-refractivity contribution in [3.8, 4) is 11.5 Å². The summed E-state index contributed by atoms with van der Waals surface area (Å²) in [5, 5.41) is 20.1. The number of nitrogens with zero attached hydrogens (tertiary/aromatic N) is 2. The molecule has 9 heteroatoms. The lowest BCUT2D eigenvalue weighted by Crippen LogP contribution is -2.79. The van der Waals surface area contributed by atoms with Crippen LogP contribution in [0.4, 0.5) is 0 Å². The van der Waals surface area contributed by atoms with Crippen molar-refractivity contribution in [2.24, 2.45) is 0 Å². The van der Waals surface area contributed by atoms with E-state index in [0.717, 1.165) is 35.9 Å². The molecule has 0 spiro atoms. The van der Waals surface area contributed by atoms with Gasteiger partial charge in [0, 0.05) is 35.2 Å². The zero-order chi connectivity index (χ0) is 22.3. The minimum absolute atomic E-state index is 0.0522. The SMILES string of the molecule is COc1ccc2nn(C34CC(NC(=O)[C@H]5C[C@@H](O)c6cc(Cl)c(Cl)cc6O5)(C3)C4)cc2c1. The normalized spacial score (nSPS) is 30.0. The molecule has 1 aliphatic heterocycles. The molecule has 0 unspecified atom stereocenters. The van der Waals surface area contributed by atoms with E-state index in [-0.39, 0.29) is 23.4 Å². The number of hydrogen-bond acceptors (Lipinski definition) is 5. The maximum Gasteiger partial charge on any atom is 0.261 e. The fourth-order valence-electron chi connectivity index (χ4n) is 5.42. The van der Waals surface area contributed by atoms with Crippen LogP contribution in [0.1, 0.15) is 37.4 Å². The summed E-state index contributed by atoms with van der Waals surface area (Å²) in [5.41, 5.74) is 1.19. The zero-order valence-electron chi connectivity index (χ0n) is 17.3. The third-order valence-electron chi connectivity index (χ3n) is 7.00. The van der Waals surface area contributed by atoms with Gasteiger partial charge in [-0.15, -0.1) is 0 Å². The first-order chi connectivity index (χ1) is 15.3. The van der Waals surface area contributed by atoms with E-state index in [2.05, 4.69) is 11.5 Å². The summed E-state index contributed by atoms with van der Waals surface area (Å²) in [6, 6.07) is 8.98. The number of aromatic nitrogens is 2. The Labute approximate surface area is 194 Å². The van der Waals surface area contributed by atoms with Gasteiger partial charge in [0.15, 0.2) is 6.10 Å². The fourth-order valence-corrected chi connectivity index (χ4v) is 5.75. The van der Waals surface area contributed by atoms with E-state index in [1.165, 1.54) is 0 Å². The van der Waals surface area contributed by atoms with E-state index in [0.29, 0.717) is 21.4 Å². The molecule has 166 valence electrons. The summed E-state index contributed by atoms with van der Waals surface area (Å²) in [6.45, 7) is 0. The molecular weight excluding hydrogens is 453 g/mol. The number of fused-ring (bicyclic) bond motifs is 2. The van der Waals surface area contributed by atoms with Gasteiger partial charge in [-0.25, -0.2) is 0 Å². The van der Waals surface area contributed by atoms with Crippen LogP contribution in [0.15, 0.2) is 36.5 Å². The summed E-state index contributed by atoms with van der Waals surface area (Å²) >= 11 is 12.1. The van der Waals surface area contributed by atoms with Crippen LogP contribution in [0.25, 0.3) is 10.9 Å². The maximum atomic E-state index is 12.9. The number of benzene rings is 2. The van der Waals surface area contributed by atoms with Crippen LogP contribution >= 0.6 is 23.2 Å². The number of methoxy groups -OCH3 is 1. The predicted molar refractivity (Wildman–Crippen MR) is 119 cm³/mol. The van der Waals surface area contributed by atoms with Crippen molar-refractivity contribution in [2.45, 2.75) is 49.0 Å². The molecule has 1 amide bonds. The Bertz CT molecular complexity index is 1250. The highest BCUT2D eigenvalue weighted by atomic mass is 35.5. The van der Waals surface area contributed by atoms with Crippen LogP contribution in [0.2, 0.25) is 10.0 Å². The highest BCUT2D eigenvalue weighted by Crippen LogP contribution is 2.65. The van der Waals surface area contributed by atoms with Crippen molar-refractivity contribution < 1.29 is 19.4 Å². The molecule has 2 atom stereocenters. The van der Waals surface area contributed by atoms with E-state index < -0.39 is 12.2 Å². The summed E-state index contributed by atoms with van der Waals surface area (Å²) in [5.74, 6) is 0.980. The smallest absolute Gasteiger partial charge is 0.261 e. The third-order valence-corrected chi connectivity index (χ3v) is 7.72. The Balaban J connectivity index is 1.14. The van der Waals surface area contributed by atoms with Gasteiger partial charge in [0.1, 0.15) is 11.5 Å². The Morgan fingerprint density at radius 1 is 1.25 bits per heavy atom. The molecule has 1 aromatic heterocycles. The summed E-state index contributed by atoms with van der Waals surface area (Å²) in [6.07, 6.45) is 3.08. The maximum absolute atomic E-state index is 12.9. The van der Waals surface area contributed by atoms with E-state index in [1.807, 2.05) is 22.9 Å². The third kappa shape index (κ3) is 2.91. The van der Waals surface area contributed by atoms with Crippen LogP contribution in [0.3, 0.4) is 0 Å². The number of aliphatic hydroxyl groups is 1. The van der Waals surface area contributed by atoms with E-state index in [1.54, 1.807) is 19.2 Å². The monoisotopic (exact) mass is 473 g/mol. The first-order valence-electron chi connectivity index (χ1n) is 10.5. The Morgan fingerprint density at radius 2 is 2.00 bits per heavy atom. The lowest BCUT2D eigenvalue weighted by molar-refractivity contribution is -0.164. The summed E-state index contributed by atoms with van der Waals surface area (Å²) in [4.78, 5) is 12.9. The standard InChI is InChI=1S/C23H21Cl2N3O4/c1-31-13-2-3-17-12(4-13)8-28(27-17)23-9-22(10-23,11-23)26-21(30)20-7-18(29)14-5-15(24)16(25)6-19(14)32-20/h2-6,8,18,20,29H,7,9-11H2,1H3,(H,26,30)/t18-,20-,22?,23?/m1/s1. The largest absolute Gasteiger partial charge is 0.497 e. The van der Waals surface area contributed by atoms with Gasteiger partial charge in [-0.2, -0.15) is 5.10 Å². The number of ether oxygens (including phenoxy) is 2. The molecule has 2 bridgehead atoms. The Hall–Kier alpha value is -2.48. The van der Waals surface area contributed by atoms with Crippen molar-refractivity contribution in [3.05, 3.63) is 52.1 Å². The highest BCUT2D eigenvalue weighted by Gasteiger charge is 2.70. The molecule has 7 nitrogen and oxygen atoms in total. The van der Waals surface area contributed by atoms with Crippen LogP contribution < -0.4 is 14.8 Å². The number of carbonyl (C=O) groups excluding carboxylic acids is 1. The highest BCUT2D eigenvalue weighted by molar-refractivity contribution is 6.42. The lowest BCUT2D eigenvalue weighted by atomic mass is 9.44. The molecule has 7 rings (SSSR count). The van der Waals surface area contributed by atoms with Crippen LogP contribution in [0, 0.1) is 0 Å². The van der Waals surface area contributed by atoms with Crippen molar-refractivity contribution in [3.63, 3.8) is 0 Å². The van der Waals surface area contributed by atoms with E-state index >= 15 is 0 Å². The molecule has 3 saturated carbocycles. The van der Waals surface area contributed by atoms with Crippen molar-refractivity contribution >= 4 is 40.0 Å². The second kappa shape index (κ2) is 6.76. The minimum Gasteiger partial charge on any atom is -0.497 e. The van der Waals surface area contributed by atoms with Gasteiger partial charge in [0.2, 0.25) is 0 Å². The van der Waals surface area contributed by atoms with Crippen molar-refractivity contribution in [2.75, 3.05) is 7.11 Å². The number of hydrogen-bond donors (Lipinski definition) is 2. The van der Waals surface area contributed by atoms with Gasteiger partial charge in [-0.05, 0) is 43.5 Å². The first kappa shape index (κ1) is 20.1. The van der Waals surface area contributed by atoms with Gasteiger partial charge < -0.3 is 19.9 Å². The summed E-state index contributed by atoms with van der Waals surface area (Å²) < 4.78 is 13.2. The molecule has 2 aromatic carbocycles. The van der Waals surface area contributed by atoms with Gasteiger partial charge in [-0.1, -0.05) is 23.2 Å². The quantitative estimate of drug-likeness (QED) is 0.598. The molecule has 0 saturated heterocycles. The Morgan fingerprint density at radius 3 is 2.75 bits per heavy atom. The summed E-state index contributed by atoms with van der Waals surface area (Å²) in [7, 11) is 1.65. The number of aliphatic hydroxyl groups excluding tert-OH is 1. The van der Waals surface area contributed by atoms with Crippen molar-refractivity contribution in [1.29, 1.82) is 0 Å². The molecule has 0 radical (unpaired) electrons. The Kier molecular flexibility index (Phi) is 4.26. The topological polar surface area (TPSA) is 85.6 Å². The molecular formula is C23H21Cl2N3O4. The number of rotatable bonds is 4. The van der Waals surface area contributed by atoms with E-state index in [4.69, 9.17) is 37.8 Å². The van der Waals surface area contributed by atoms with E-state index in [9.17, 15) is 9.90 Å². The molecule has 2 heterocycles. The average Bonchev–Trinajstić information content (AvgIpc) is 3.13. The van der Waals surface area contributed by atoms with Crippen molar-refractivity contribution in [1.82, 2.24) is 15.1 Å². The molecule has 32 heavy (non-hydrogen) atoms. The lowest BCUT2D eigenvalue weighted by Gasteiger charge is -2.70. The second-order valence-corrected chi connectivity index (χ2v) is 10.00. The minimum atomic E-state index is -0.836. The second-order valence-electron chi connectivity index (χ2n) is 9.18. The molecule has 4 aliphatic rings. The van der Waals surface area contributed by atoms with Gasteiger partial charge in [-0.3, -0.25) is 9.48 Å². The first-order valence-corrected chi connectivity index (χ1v) is 11.3. The van der Waals surface area contributed by atoms with Gasteiger partial charge >= 0.3 is 0 Å². The number of nitrogens with one attached hydrogen (secondary N) is 1. The number of halogens is 2. The molecule has 2 N–H and O–H groups in total. The molecule has 3 aromatic rings. The molecule has 3 aliphatic carbocycles. The van der Waals surface area contributed by atoms with Crippen LogP contribution in [0.5, 0.6) is 11.5 Å². The van der Waals surface area contributed by atoms with Gasteiger partial charge in [0.25, 0.3) is 5.91 Å². The molecule has 3 fully saturated rings. The zero-order valence-corrected chi connectivity index (χ0v) is 18.8. The van der Waals surface area contributed by atoms with Crippen LogP contribution in [-0.4, -0.2) is 39.5 Å².